The second-order valence-electron chi connectivity index (χ2n) is 6.78. The second kappa shape index (κ2) is 7.54. The van der Waals surface area contributed by atoms with Crippen LogP contribution in [-0.4, -0.2) is 46.4 Å². The lowest BCUT2D eigenvalue weighted by molar-refractivity contribution is 0.0166. The number of amides is 1. The van der Waals surface area contributed by atoms with Crippen molar-refractivity contribution in [1.29, 1.82) is 0 Å². The number of aromatic nitrogens is 2. The molecule has 0 aromatic carbocycles. The number of carbonyl (C=O) groups excluding carboxylic acids is 1. The molecule has 122 valence electrons. The molecule has 1 aromatic rings. The van der Waals surface area contributed by atoms with Gasteiger partial charge < -0.3 is 15.0 Å². The lowest BCUT2D eigenvalue weighted by atomic mass is 9.98. The van der Waals surface area contributed by atoms with E-state index in [2.05, 4.69) is 15.5 Å². The van der Waals surface area contributed by atoms with Crippen LogP contribution < -0.4 is 5.32 Å². The summed E-state index contributed by atoms with van der Waals surface area (Å²) in [6.07, 6.45) is 3.62. The third-order valence-corrected chi connectivity index (χ3v) is 3.54. The quantitative estimate of drug-likeness (QED) is 0.924. The summed E-state index contributed by atoms with van der Waals surface area (Å²) in [6, 6.07) is 3.84. The zero-order chi connectivity index (χ0) is 16.0. The summed E-state index contributed by atoms with van der Waals surface area (Å²) in [5.74, 6) is 0.456. The van der Waals surface area contributed by atoms with Crippen LogP contribution in [0.3, 0.4) is 0 Å². The fraction of sp³-hybridized carbons (Fsp3) is 0.688. The van der Waals surface area contributed by atoms with Gasteiger partial charge in [0.15, 0.2) is 0 Å². The number of hydrogen-bond acceptors (Lipinski definition) is 5. The van der Waals surface area contributed by atoms with Crippen molar-refractivity contribution < 1.29 is 9.53 Å². The molecule has 1 N–H and O–H groups in total. The van der Waals surface area contributed by atoms with Crippen LogP contribution >= 0.6 is 0 Å². The molecule has 1 aliphatic rings. The number of likely N-dealkylation sites (tertiary alicyclic amines) is 1. The first kappa shape index (κ1) is 16.7. The summed E-state index contributed by atoms with van der Waals surface area (Å²) in [5.41, 5.74) is 0.496. The van der Waals surface area contributed by atoms with Gasteiger partial charge in [-0.1, -0.05) is 0 Å². The van der Waals surface area contributed by atoms with Crippen molar-refractivity contribution in [2.45, 2.75) is 45.8 Å². The molecule has 1 amide bonds. The highest BCUT2D eigenvalue weighted by molar-refractivity contribution is 5.68. The number of ether oxygens (including phenoxy) is 1. The van der Waals surface area contributed by atoms with Crippen molar-refractivity contribution in [3.8, 4) is 0 Å². The predicted octanol–water partition coefficient (Wildman–Crippen LogP) is 2.21. The van der Waals surface area contributed by atoms with Crippen molar-refractivity contribution >= 4 is 6.09 Å². The number of hydrogen-bond donors (Lipinski definition) is 1. The Hall–Kier alpha value is -1.69. The van der Waals surface area contributed by atoms with Gasteiger partial charge in [-0.25, -0.2) is 4.79 Å². The molecule has 6 heteroatoms. The van der Waals surface area contributed by atoms with Crippen LogP contribution in [0, 0.1) is 5.92 Å². The van der Waals surface area contributed by atoms with E-state index in [4.69, 9.17) is 4.74 Å². The van der Waals surface area contributed by atoms with E-state index >= 15 is 0 Å². The molecule has 0 radical (unpaired) electrons. The number of rotatable bonds is 4. The maximum atomic E-state index is 12.1. The van der Waals surface area contributed by atoms with Crippen LogP contribution in [0.5, 0.6) is 0 Å². The molecule has 0 aliphatic carbocycles. The highest BCUT2D eigenvalue weighted by atomic mass is 16.6. The minimum absolute atomic E-state index is 0.203. The maximum Gasteiger partial charge on any atom is 0.410 e. The summed E-state index contributed by atoms with van der Waals surface area (Å²) < 4.78 is 5.45. The van der Waals surface area contributed by atoms with Crippen molar-refractivity contribution in [3.63, 3.8) is 0 Å². The van der Waals surface area contributed by atoms with Crippen LogP contribution in [0.1, 0.15) is 39.3 Å². The van der Waals surface area contributed by atoms with E-state index in [1.807, 2.05) is 37.8 Å². The molecule has 1 saturated heterocycles. The first-order chi connectivity index (χ1) is 10.4. The van der Waals surface area contributed by atoms with Gasteiger partial charge >= 0.3 is 6.09 Å². The summed E-state index contributed by atoms with van der Waals surface area (Å²) in [5, 5.41) is 11.3. The number of nitrogens with one attached hydrogen (secondary N) is 1. The number of carbonyl (C=O) groups is 1. The summed E-state index contributed by atoms with van der Waals surface area (Å²) in [4.78, 5) is 13.9. The van der Waals surface area contributed by atoms with Gasteiger partial charge in [-0.05, 0) is 51.7 Å². The predicted molar refractivity (Wildman–Crippen MR) is 84.3 cm³/mol. The number of nitrogens with zero attached hydrogens (tertiary/aromatic N) is 3. The minimum atomic E-state index is -0.436. The maximum absolute atomic E-state index is 12.1. The molecule has 0 saturated carbocycles. The lowest BCUT2D eigenvalue weighted by Crippen LogP contribution is -2.45. The molecule has 6 nitrogen and oxygen atoms in total. The molecule has 2 rings (SSSR count). The van der Waals surface area contributed by atoms with Crippen molar-refractivity contribution in [1.82, 2.24) is 20.4 Å². The average molecular weight is 306 g/mol. The standard InChI is InChI=1S/C16H26N4O2/c1-16(2,3)22-15(21)20-9-5-6-13(12-20)10-17-11-14-7-4-8-18-19-14/h4,7-8,13,17H,5-6,9-12H2,1-3H3. The molecular formula is C16H26N4O2. The van der Waals surface area contributed by atoms with Crippen LogP contribution in [0.15, 0.2) is 18.3 Å². The zero-order valence-corrected chi connectivity index (χ0v) is 13.7. The van der Waals surface area contributed by atoms with Crippen LogP contribution in [0.4, 0.5) is 4.79 Å². The molecule has 0 bridgehead atoms. The molecule has 2 heterocycles. The van der Waals surface area contributed by atoms with Crippen LogP contribution in [-0.2, 0) is 11.3 Å². The molecule has 1 unspecified atom stereocenters. The summed E-state index contributed by atoms with van der Waals surface area (Å²) in [6.45, 7) is 8.81. The summed E-state index contributed by atoms with van der Waals surface area (Å²) in [7, 11) is 0. The number of piperidine rings is 1. The Morgan fingerprint density at radius 1 is 1.50 bits per heavy atom. The lowest BCUT2D eigenvalue weighted by Gasteiger charge is -2.34. The van der Waals surface area contributed by atoms with Crippen molar-refractivity contribution in [2.75, 3.05) is 19.6 Å². The van der Waals surface area contributed by atoms with Gasteiger partial charge in [-0.3, -0.25) is 0 Å². The van der Waals surface area contributed by atoms with E-state index in [1.165, 1.54) is 0 Å². The van der Waals surface area contributed by atoms with Gasteiger partial charge in [0.05, 0.1) is 5.69 Å². The highest BCUT2D eigenvalue weighted by Gasteiger charge is 2.27. The Morgan fingerprint density at radius 2 is 2.32 bits per heavy atom. The Morgan fingerprint density at radius 3 is 3.00 bits per heavy atom. The molecule has 0 spiro atoms. The second-order valence-corrected chi connectivity index (χ2v) is 6.78. The Labute approximate surface area is 132 Å². The molecule has 1 atom stereocenters. The van der Waals surface area contributed by atoms with Crippen molar-refractivity contribution in [2.24, 2.45) is 5.92 Å². The van der Waals surface area contributed by atoms with Crippen LogP contribution in [0.2, 0.25) is 0 Å². The van der Waals surface area contributed by atoms with Crippen molar-refractivity contribution in [3.05, 3.63) is 24.0 Å². The third-order valence-electron chi connectivity index (χ3n) is 3.54. The Balaban J connectivity index is 1.75. The van der Waals surface area contributed by atoms with Crippen LogP contribution in [0.25, 0.3) is 0 Å². The molecule has 1 fully saturated rings. The van der Waals surface area contributed by atoms with E-state index in [1.54, 1.807) is 6.20 Å². The topological polar surface area (TPSA) is 67.3 Å². The van der Waals surface area contributed by atoms with Gasteiger partial charge in [0, 0.05) is 32.4 Å². The van der Waals surface area contributed by atoms with Gasteiger partial charge in [0.2, 0.25) is 0 Å². The SMILES string of the molecule is CC(C)(C)OC(=O)N1CCCC(CNCc2cccnn2)C1. The monoisotopic (exact) mass is 306 g/mol. The summed E-state index contributed by atoms with van der Waals surface area (Å²) >= 11 is 0. The Kier molecular flexibility index (Phi) is 5.71. The largest absolute Gasteiger partial charge is 0.444 e. The van der Waals surface area contributed by atoms with E-state index in [0.717, 1.165) is 38.2 Å². The fourth-order valence-electron chi connectivity index (χ4n) is 2.56. The first-order valence-electron chi connectivity index (χ1n) is 7.89. The Bertz CT molecular complexity index is 473. The highest BCUT2D eigenvalue weighted by Crippen LogP contribution is 2.18. The smallest absolute Gasteiger partial charge is 0.410 e. The van der Waals surface area contributed by atoms with Gasteiger partial charge in [-0.2, -0.15) is 10.2 Å². The molecule has 1 aromatic heterocycles. The van der Waals surface area contributed by atoms with Gasteiger partial charge in [-0.15, -0.1) is 0 Å². The minimum Gasteiger partial charge on any atom is -0.444 e. The van der Waals surface area contributed by atoms with E-state index in [9.17, 15) is 4.79 Å². The van der Waals surface area contributed by atoms with E-state index < -0.39 is 5.60 Å². The van der Waals surface area contributed by atoms with E-state index in [-0.39, 0.29) is 6.09 Å². The average Bonchev–Trinajstić information content (AvgIpc) is 2.47. The normalized spacial score (nSPS) is 19.0. The first-order valence-corrected chi connectivity index (χ1v) is 7.89. The van der Waals surface area contributed by atoms with Gasteiger partial charge in [0.25, 0.3) is 0 Å². The van der Waals surface area contributed by atoms with Gasteiger partial charge in [0.1, 0.15) is 5.60 Å². The fourth-order valence-corrected chi connectivity index (χ4v) is 2.56. The molecular weight excluding hydrogens is 280 g/mol. The van der Waals surface area contributed by atoms with E-state index in [0.29, 0.717) is 12.5 Å². The molecule has 22 heavy (non-hydrogen) atoms. The molecule has 1 aliphatic heterocycles. The zero-order valence-electron chi connectivity index (χ0n) is 13.7. The third kappa shape index (κ3) is 5.60.